The quantitative estimate of drug-likeness (QED) is 0.434. The summed E-state index contributed by atoms with van der Waals surface area (Å²) < 4.78 is 0. The van der Waals surface area contributed by atoms with Gasteiger partial charge in [0.05, 0.1) is 0 Å². The van der Waals surface area contributed by atoms with E-state index in [0.717, 1.165) is 5.56 Å². The number of diazo groups is 1. The summed E-state index contributed by atoms with van der Waals surface area (Å²) in [4.78, 5) is 3.18. The Balaban J connectivity index is 3.01. The first-order valence-electron chi connectivity index (χ1n) is 6.18. The van der Waals surface area contributed by atoms with Gasteiger partial charge in [-0.1, -0.05) is 32.8 Å². The van der Waals surface area contributed by atoms with Gasteiger partial charge >= 0.3 is 5.69 Å². The molecule has 0 saturated carbocycles. The van der Waals surface area contributed by atoms with Gasteiger partial charge in [0, 0.05) is 17.7 Å². The Labute approximate surface area is 105 Å². The molecule has 0 N–H and O–H groups in total. The van der Waals surface area contributed by atoms with Crippen LogP contribution >= 0.6 is 0 Å². The zero-order valence-electron chi connectivity index (χ0n) is 10.8. The van der Waals surface area contributed by atoms with Crippen molar-refractivity contribution in [3.63, 3.8) is 0 Å². The van der Waals surface area contributed by atoms with Gasteiger partial charge in [-0.25, -0.2) is 0 Å². The van der Waals surface area contributed by atoms with Crippen molar-refractivity contribution in [2.45, 2.75) is 38.9 Å². The minimum atomic E-state index is -1.38. The first kappa shape index (κ1) is 13.5. The summed E-state index contributed by atoms with van der Waals surface area (Å²) in [5.41, 5.74) is 5.02. The molecule has 0 heterocycles. The summed E-state index contributed by atoms with van der Waals surface area (Å²) in [5.74, 6) is 3.25. The Hall–Kier alpha value is -1.58. The van der Waals surface area contributed by atoms with Crippen LogP contribution in [0, 0.1) is 16.9 Å². The molecule has 0 aliphatic rings. The lowest BCUT2D eigenvalue weighted by Crippen LogP contribution is -2.29. The molecule has 0 amide bonds. The molecule has 88 valence electrons. The van der Waals surface area contributed by atoms with Crippen LogP contribution in [-0.4, -0.2) is 8.07 Å². The van der Waals surface area contributed by atoms with Crippen molar-refractivity contribution < 1.29 is 0 Å². The molecular weight excluding hydrogens is 224 g/mol. The highest BCUT2D eigenvalue weighted by molar-refractivity contribution is 6.87. The number of benzene rings is 1. The van der Waals surface area contributed by atoms with E-state index in [0.29, 0.717) is 5.69 Å². The third-order valence-corrected chi connectivity index (χ3v) is 8.18. The molecule has 0 spiro atoms. The van der Waals surface area contributed by atoms with Crippen LogP contribution in [0.15, 0.2) is 24.3 Å². The Morgan fingerprint density at radius 1 is 1.18 bits per heavy atom. The average molecular weight is 243 g/mol. The topological polar surface area (TPSA) is 28.1 Å². The van der Waals surface area contributed by atoms with Gasteiger partial charge in [-0.05, 0) is 24.2 Å². The summed E-state index contributed by atoms with van der Waals surface area (Å²) in [6, 6.07) is 11.0. The molecule has 0 aliphatic heterocycles. The fourth-order valence-electron chi connectivity index (χ4n) is 1.87. The minimum Gasteiger partial charge on any atom is -0.126 e. The van der Waals surface area contributed by atoms with Crippen LogP contribution in [0.25, 0.3) is 4.98 Å². The van der Waals surface area contributed by atoms with Crippen molar-refractivity contribution in [1.82, 2.24) is 0 Å². The van der Waals surface area contributed by atoms with Gasteiger partial charge < -0.3 is 0 Å². The van der Waals surface area contributed by atoms with Gasteiger partial charge in [0.2, 0.25) is 5.39 Å². The van der Waals surface area contributed by atoms with Gasteiger partial charge in [-0.2, -0.15) is 0 Å². The van der Waals surface area contributed by atoms with Gasteiger partial charge in [-0.3, -0.25) is 0 Å². The predicted molar refractivity (Wildman–Crippen MR) is 75.3 cm³/mol. The Bertz CT molecular complexity index is 465. The minimum absolute atomic E-state index is 0.563. The Morgan fingerprint density at radius 2 is 1.82 bits per heavy atom. The largest absolute Gasteiger partial charge is 0.386 e. The maximum atomic E-state index is 8.71. The van der Waals surface area contributed by atoms with Gasteiger partial charge in [0.15, 0.2) is 4.98 Å². The van der Waals surface area contributed by atoms with Crippen LogP contribution in [0.4, 0.5) is 5.69 Å². The number of nitrogens with zero attached hydrogens (tertiary/aromatic N) is 2. The molecule has 1 rings (SSSR count). The van der Waals surface area contributed by atoms with Crippen molar-refractivity contribution in [3.05, 3.63) is 34.8 Å². The van der Waals surface area contributed by atoms with E-state index in [1.807, 2.05) is 18.2 Å². The van der Waals surface area contributed by atoms with Crippen LogP contribution in [-0.2, 0) is 0 Å². The Morgan fingerprint density at radius 3 is 2.35 bits per heavy atom. The molecule has 0 bridgehead atoms. The van der Waals surface area contributed by atoms with Crippen LogP contribution < -0.4 is 0 Å². The number of hydrogen-bond acceptors (Lipinski definition) is 1. The molecule has 0 atom stereocenters. The van der Waals surface area contributed by atoms with E-state index < -0.39 is 8.07 Å². The molecular formula is C14H19N2Si+. The molecule has 1 aromatic carbocycles. The first-order chi connectivity index (χ1) is 8.19. The van der Waals surface area contributed by atoms with E-state index in [9.17, 15) is 0 Å². The van der Waals surface area contributed by atoms with Crippen LogP contribution in [0.1, 0.15) is 26.3 Å². The van der Waals surface area contributed by atoms with Crippen molar-refractivity contribution in [3.8, 4) is 11.5 Å². The zero-order valence-corrected chi connectivity index (χ0v) is 11.8. The maximum Gasteiger partial charge on any atom is 0.386 e. The summed E-state index contributed by atoms with van der Waals surface area (Å²) in [6.45, 7) is 6.73. The number of rotatable bonds is 3. The summed E-state index contributed by atoms with van der Waals surface area (Å²) in [6.07, 6.45) is 0. The smallest absolute Gasteiger partial charge is 0.126 e. The maximum absolute atomic E-state index is 8.71. The normalized spacial score (nSPS) is 10.2. The van der Waals surface area contributed by atoms with E-state index >= 15 is 0 Å². The van der Waals surface area contributed by atoms with Crippen LogP contribution in [0.3, 0.4) is 0 Å². The molecule has 0 saturated heterocycles. The van der Waals surface area contributed by atoms with Crippen LogP contribution in [0.5, 0.6) is 0 Å². The lowest BCUT2D eigenvalue weighted by atomic mass is 10.2. The summed E-state index contributed by atoms with van der Waals surface area (Å²) >= 11 is 0. The first-order valence-corrected chi connectivity index (χ1v) is 8.80. The van der Waals surface area contributed by atoms with E-state index in [2.05, 4.69) is 37.2 Å². The third-order valence-electron chi connectivity index (χ3n) is 3.46. The highest BCUT2D eigenvalue weighted by Crippen LogP contribution is 2.19. The van der Waals surface area contributed by atoms with Crippen molar-refractivity contribution in [1.29, 1.82) is 5.39 Å². The second-order valence-corrected chi connectivity index (χ2v) is 9.17. The van der Waals surface area contributed by atoms with E-state index in [-0.39, 0.29) is 0 Å². The van der Waals surface area contributed by atoms with Crippen LogP contribution in [0.2, 0.25) is 18.1 Å². The van der Waals surface area contributed by atoms with Crippen molar-refractivity contribution in [2.24, 2.45) is 0 Å². The SMILES string of the molecule is CC[Si](C#Cc1cccc([N+]#N)c1)(CC)CC. The van der Waals surface area contributed by atoms with Gasteiger partial charge in [-0.15, -0.1) is 5.54 Å². The molecule has 0 radical (unpaired) electrons. The van der Waals surface area contributed by atoms with Crippen molar-refractivity contribution >= 4 is 13.8 Å². The molecule has 0 fully saturated rings. The molecule has 3 heteroatoms. The highest BCUT2D eigenvalue weighted by atomic mass is 28.3. The average Bonchev–Trinajstić information content (AvgIpc) is 2.41. The highest BCUT2D eigenvalue weighted by Gasteiger charge is 2.24. The zero-order chi connectivity index (χ0) is 12.7. The monoisotopic (exact) mass is 243 g/mol. The molecule has 0 unspecified atom stereocenters. The molecule has 1 aromatic rings. The van der Waals surface area contributed by atoms with Gasteiger partial charge in [0.25, 0.3) is 0 Å². The molecule has 0 aromatic heterocycles. The Kier molecular flexibility index (Phi) is 4.94. The predicted octanol–water partition coefficient (Wildman–Crippen LogP) is 4.57. The fourth-order valence-corrected chi connectivity index (χ4v) is 4.31. The molecule has 2 nitrogen and oxygen atoms in total. The second-order valence-electron chi connectivity index (χ2n) is 4.24. The lowest BCUT2D eigenvalue weighted by Gasteiger charge is -2.19. The second kappa shape index (κ2) is 6.23. The number of hydrogen-bond donors (Lipinski definition) is 0. The lowest BCUT2D eigenvalue weighted by molar-refractivity contribution is 1.20. The third kappa shape index (κ3) is 3.44. The van der Waals surface area contributed by atoms with Crippen molar-refractivity contribution in [2.75, 3.05) is 0 Å². The van der Waals surface area contributed by atoms with E-state index in [1.165, 1.54) is 18.1 Å². The van der Waals surface area contributed by atoms with E-state index in [4.69, 9.17) is 5.39 Å². The van der Waals surface area contributed by atoms with Gasteiger partial charge in [0.1, 0.15) is 8.07 Å². The fraction of sp³-hybridized carbons (Fsp3) is 0.429. The summed E-state index contributed by atoms with van der Waals surface area (Å²) in [5, 5.41) is 8.71. The molecule has 17 heavy (non-hydrogen) atoms. The summed E-state index contributed by atoms with van der Waals surface area (Å²) in [7, 11) is -1.38. The molecule has 0 aliphatic carbocycles. The van der Waals surface area contributed by atoms with E-state index in [1.54, 1.807) is 6.07 Å². The standard InChI is InChI=1S/C14H19N2Si/c1-4-17(5-2,6-3)11-10-13-8-7-9-14(12-13)16-15/h7-9,12H,4-6H2,1-3H3/q+1.